The van der Waals surface area contributed by atoms with E-state index in [9.17, 15) is 9.59 Å². The smallest absolute Gasteiger partial charge is 0.241 e. The topological polar surface area (TPSA) is 72.2 Å². The van der Waals surface area contributed by atoms with Gasteiger partial charge in [-0.05, 0) is 18.1 Å². The lowest BCUT2D eigenvalue weighted by Crippen LogP contribution is -2.40. The molecule has 0 saturated carbocycles. The highest BCUT2D eigenvalue weighted by atomic mass is 16.2. The molecule has 0 bridgehead atoms. The summed E-state index contributed by atoms with van der Waals surface area (Å²) in [6.45, 7) is 3.94. The molecule has 23 heavy (non-hydrogen) atoms. The standard InChI is InChI=1S/C19H22N2O2/c1-3-13(2)17(20)19(23)21-16-11-7-10-15(12-16)18(22)14-8-5-4-6-9-14/h4-13,17H,3,20H2,1-2H3,(H,21,23). The number of ketones is 1. The van der Waals surface area contributed by atoms with Crippen LogP contribution in [-0.2, 0) is 4.79 Å². The minimum absolute atomic E-state index is 0.0760. The van der Waals surface area contributed by atoms with E-state index in [0.29, 0.717) is 16.8 Å². The molecule has 4 heteroatoms. The second kappa shape index (κ2) is 7.70. The van der Waals surface area contributed by atoms with E-state index in [4.69, 9.17) is 5.73 Å². The van der Waals surface area contributed by atoms with Gasteiger partial charge in [-0.2, -0.15) is 0 Å². The Hall–Kier alpha value is -2.46. The fourth-order valence-corrected chi connectivity index (χ4v) is 2.23. The molecule has 2 aromatic carbocycles. The van der Waals surface area contributed by atoms with Gasteiger partial charge in [0.2, 0.25) is 5.91 Å². The zero-order chi connectivity index (χ0) is 16.8. The van der Waals surface area contributed by atoms with Crippen LogP contribution in [0.3, 0.4) is 0 Å². The van der Waals surface area contributed by atoms with Crippen molar-refractivity contribution >= 4 is 17.4 Å². The number of hydrogen-bond acceptors (Lipinski definition) is 3. The summed E-state index contributed by atoms with van der Waals surface area (Å²) in [6.07, 6.45) is 0.834. The highest BCUT2D eigenvalue weighted by molar-refractivity contribution is 6.09. The van der Waals surface area contributed by atoms with Crippen molar-refractivity contribution in [2.24, 2.45) is 11.7 Å². The SMILES string of the molecule is CCC(C)C(N)C(=O)Nc1cccc(C(=O)c2ccccc2)c1. The average molecular weight is 310 g/mol. The maximum atomic E-state index is 12.4. The number of anilines is 1. The first-order valence-corrected chi connectivity index (χ1v) is 7.79. The van der Waals surface area contributed by atoms with Gasteiger partial charge in [0, 0.05) is 16.8 Å². The summed E-state index contributed by atoms with van der Waals surface area (Å²) in [5, 5.41) is 2.79. The van der Waals surface area contributed by atoms with Crippen LogP contribution in [0.15, 0.2) is 54.6 Å². The van der Waals surface area contributed by atoms with E-state index in [2.05, 4.69) is 5.32 Å². The molecule has 3 N–H and O–H groups in total. The number of nitrogens with one attached hydrogen (secondary N) is 1. The van der Waals surface area contributed by atoms with Gasteiger partial charge in [-0.1, -0.05) is 62.7 Å². The Labute approximate surface area is 136 Å². The van der Waals surface area contributed by atoms with Crippen LogP contribution in [0.25, 0.3) is 0 Å². The summed E-state index contributed by atoms with van der Waals surface area (Å²) >= 11 is 0. The molecule has 0 saturated heterocycles. The first-order chi connectivity index (χ1) is 11.0. The van der Waals surface area contributed by atoms with Gasteiger partial charge in [0.25, 0.3) is 0 Å². The van der Waals surface area contributed by atoms with Crippen LogP contribution in [0.2, 0.25) is 0 Å². The minimum atomic E-state index is -0.562. The molecule has 4 nitrogen and oxygen atoms in total. The van der Waals surface area contributed by atoms with Gasteiger partial charge in [0.15, 0.2) is 5.78 Å². The van der Waals surface area contributed by atoms with Crippen molar-refractivity contribution in [3.8, 4) is 0 Å². The van der Waals surface area contributed by atoms with Crippen molar-refractivity contribution in [3.05, 3.63) is 65.7 Å². The predicted octanol–water partition coefficient (Wildman–Crippen LogP) is 3.23. The molecule has 2 unspecified atom stereocenters. The first kappa shape index (κ1) is 16.9. The average Bonchev–Trinajstić information content (AvgIpc) is 2.60. The summed E-state index contributed by atoms with van der Waals surface area (Å²) in [5.74, 6) is -0.208. The van der Waals surface area contributed by atoms with Crippen LogP contribution >= 0.6 is 0 Å². The molecule has 2 aromatic rings. The van der Waals surface area contributed by atoms with Gasteiger partial charge >= 0.3 is 0 Å². The monoisotopic (exact) mass is 310 g/mol. The molecule has 0 aliphatic heterocycles. The Morgan fingerprint density at radius 1 is 1.04 bits per heavy atom. The molecule has 0 aliphatic carbocycles. The lowest BCUT2D eigenvalue weighted by atomic mass is 9.99. The van der Waals surface area contributed by atoms with Crippen LogP contribution in [0.5, 0.6) is 0 Å². The Kier molecular flexibility index (Phi) is 5.66. The zero-order valence-corrected chi connectivity index (χ0v) is 13.5. The zero-order valence-electron chi connectivity index (χ0n) is 13.5. The third kappa shape index (κ3) is 4.27. The molecule has 1 amide bonds. The first-order valence-electron chi connectivity index (χ1n) is 7.79. The molecule has 0 aliphatic rings. The summed E-state index contributed by atoms with van der Waals surface area (Å²) in [5.41, 5.74) is 7.66. The van der Waals surface area contributed by atoms with Crippen molar-refractivity contribution in [1.29, 1.82) is 0 Å². The van der Waals surface area contributed by atoms with E-state index in [1.54, 1.807) is 36.4 Å². The Morgan fingerprint density at radius 3 is 2.35 bits per heavy atom. The maximum absolute atomic E-state index is 12.4. The number of rotatable bonds is 6. The molecule has 0 aromatic heterocycles. The summed E-state index contributed by atoms with van der Waals surface area (Å²) in [4.78, 5) is 24.6. The predicted molar refractivity (Wildman–Crippen MR) is 92.4 cm³/mol. The van der Waals surface area contributed by atoms with Gasteiger partial charge in [0.05, 0.1) is 6.04 Å². The molecular weight excluding hydrogens is 288 g/mol. The van der Waals surface area contributed by atoms with Crippen LogP contribution in [-0.4, -0.2) is 17.7 Å². The number of hydrogen-bond donors (Lipinski definition) is 2. The van der Waals surface area contributed by atoms with Gasteiger partial charge < -0.3 is 11.1 Å². The van der Waals surface area contributed by atoms with Crippen LogP contribution in [0.1, 0.15) is 36.2 Å². The van der Waals surface area contributed by atoms with E-state index < -0.39 is 6.04 Å². The molecule has 0 fully saturated rings. The van der Waals surface area contributed by atoms with Crippen molar-refractivity contribution in [1.82, 2.24) is 0 Å². The fraction of sp³-hybridized carbons (Fsp3) is 0.263. The number of carbonyl (C=O) groups excluding carboxylic acids is 2. The number of amides is 1. The molecule has 0 heterocycles. The van der Waals surface area contributed by atoms with Crippen molar-refractivity contribution in [3.63, 3.8) is 0 Å². The van der Waals surface area contributed by atoms with E-state index in [1.165, 1.54) is 0 Å². The third-order valence-corrected chi connectivity index (χ3v) is 3.99. The fourth-order valence-electron chi connectivity index (χ4n) is 2.23. The molecule has 2 atom stereocenters. The highest BCUT2D eigenvalue weighted by Crippen LogP contribution is 2.16. The summed E-state index contributed by atoms with van der Waals surface area (Å²) in [6, 6.07) is 15.4. The van der Waals surface area contributed by atoms with Crippen molar-refractivity contribution < 1.29 is 9.59 Å². The highest BCUT2D eigenvalue weighted by Gasteiger charge is 2.19. The van der Waals surface area contributed by atoms with Gasteiger partial charge in [0.1, 0.15) is 0 Å². The van der Waals surface area contributed by atoms with E-state index in [-0.39, 0.29) is 17.6 Å². The van der Waals surface area contributed by atoms with Gasteiger partial charge in [-0.25, -0.2) is 0 Å². The molecular formula is C19H22N2O2. The normalized spacial score (nSPS) is 13.2. The van der Waals surface area contributed by atoms with Crippen molar-refractivity contribution in [2.75, 3.05) is 5.32 Å². The molecule has 120 valence electrons. The molecule has 0 radical (unpaired) electrons. The number of benzene rings is 2. The number of nitrogens with two attached hydrogens (primary N) is 1. The van der Waals surface area contributed by atoms with Gasteiger partial charge in [-0.15, -0.1) is 0 Å². The largest absolute Gasteiger partial charge is 0.325 e. The van der Waals surface area contributed by atoms with Gasteiger partial charge in [-0.3, -0.25) is 9.59 Å². The van der Waals surface area contributed by atoms with E-state index in [0.717, 1.165) is 6.42 Å². The summed E-state index contributed by atoms with van der Waals surface area (Å²) in [7, 11) is 0. The lowest BCUT2D eigenvalue weighted by Gasteiger charge is -2.17. The Balaban J connectivity index is 2.14. The Morgan fingerprint density at radius 2 is 1.70 bits per heavy atom. The minimum Gasteiger partial charge on any atom is -0.325 e. The lowest BCUT2D eigenvalue weighted by molar-refractivity contribution is -0.118. The Bertz CT molecular complexity index is 683. The van der Waals surface area contributed by atoms with Crippen LogP contribution in [0.4, 0.5) is 5.69 Å². The van der Waals surface area contributed by atoms with Crippen LogP contribution in [0, 0.1) is 5.92 Å². The maximum Gasteiger partial charge on any atom is 0.241 e. The van der Waals surface area contributed by atoms with E-state index >= 15 is 0 Å². The second-order valence-corrected chi connectivity index (χ2v) is 5.68. The molecule has 2 rings (SSSR count). The van der Waals surface area contributed by atoms with E-state index in [1.807, 2.05) is 32.0 Å². The molecule has 0 spiro atoms. The van der Waals surface area contributed by atoms with Crippen LogP contribution < -0.4 is 11.1 Å². The third-order valence-electron chi connectivity index (χ3n) is 3.99. The van der Waals surface area contributed by atoms with Crippen molar-refractivity contribution in [2.45, 2.75) is 26.3 Å². The summed E-state index contributed by atoms with van der Waals surface area (Å²) < 4.78 is 0. The quantitative estimate of drug-likeness (QED) is 0.805. The number of carbonyl (C=O) groups is 2. The second-order valence-electron chi connectivity index (χ2n) is 5.68.